The van der Waals surface area contributed by atoms with Crippen LogP contribution in [-0.2, 0) is 20.9 Å². The van der Waals surface area contributed by atoms with Crippen molar-refractivity contribution in [2.75, 3.05) is 12.0 Å². The summed E-state index contributed by atoms with van der Waals surface area (Å²) in [4.78, 5) is 26.5. The summed E-state index contributed by atoms with van der Waals surface area (Å²) < 4.78 is 5.21. The number of hydrogen-bond acceptors (Lipinski definition) is 3. The van der Waals surface area contributed by atoms with Gasteiger partial charge in [-0.3, -0.25) is 14.5 Å². The molecule has 1 aliphatic rings. The highest BCUT2D eigenvalue weighted by Crippen LogP contribution is 2.29. The van der Waals surface area contributed by atoms with Crippen molar-refractivity contribution in [2.24, 2.45) is 5.92 Å². The van der Waals surface area contributed by atoms with Crippen LogP contribution in [0.2, 0.25) is 0 Å². The summed E-state index contributed by atoms with van der Waals surface area (Å²) in [6.07, 6.45) is 0. The maximum Gasteiger partial charge on any atom is 0.250 e. The summed E-state index contributed by atoms with van der Waals surface area (Å²) in [5.74, 6) is -0.168. The number of carbonyl (C=O) groups is 2. The molecule has 2 unspecified atom stereocenters. The molecule has 1 heterocycles. The van der Waals surface area contributed by atoms with Crippen LogP contribution in [0.4, 0.5) is 5.69 Å². The molecule has 5 heteroatoms. The summed E-state index contributed by atoms with van der Waals surface area (Å²) in [7, 11) is 1.62. The van der Waals surface area contributed by atoms with Crippen LogP contribution in [0.25, 0.3) is 0 Å². The second-order valence-electron chi connectivity index (χ2n) is 5.69. The number of carbonyl (C=O) groups excluding carboxylic acids is 2. The van der Waals surface area contributed by atoms with E-state index in [1.54, 1.807) is 18.9 Å². The van der Waals surface area contributed by atoms with Gasteiger partial charge in [0.05, 0.1) is 12.3 Å². The van der Waals surface area contributed by atoms with E-state index in [1.807, 2.05) is 38.1 Å². The van der Waals surface area contributed by atoms with Gasteiger partial charge in [0.25, 0.3) is 0 Å². The second kappa shape index (κ2) is 6.26. The van der Waals surface area contributed by atoms with E-state index in [0.29, 0.717) is 6.61 Å². The van der Waals surface area contributed by atoms with Crippen molar-refractivity contribution in [3.8, 4) is 0 Å². The highest BCUT2D eigenvalue weighted by molar-refractivity contribution is 6.08. The number of amides is 2. The molecule has 1 aromatic carbocycles. The second-order valence-corrected chi connectivity index (χ2v) is 5.69. The van der Waals surface area contributed by atoms with Crippen LogP contribution >= 0.6 is 0 Å². The van der Waals surface area contributed by atoms with Crippen LogP contribution in [-0.4, -0.2) is 31.0 Å². The van der Waals surface area contributed by atoms with E-state index in [2.05, 4.69) is 5.32 Å². The molecule has 0 radical (unpaired) electrons. The number of hydrogen-bond donors (Lipinski definition) is 1. The lowest BCUT2D eigenvalue weighted by Crippen LogP contribution is -2.64. The van der Waals surface area contributed by atoms with Gasteiger partial charge in [-0.05, 0) is 18.9 Å². The average Bonchev–Trinajstić information content (AvgIpc) is 2.43. The first-order valence-corrected chi connectivity index (χ1v) is 7.17. The number of para-hydroxylation sites is 1. The Kier molecular flexibility index (Phi) is 4.63. The van der Waals surface area contributed by atoms with Crippen molar-refractivity contribution in [3.63, 3.8) is 0 Å². The Morgan fingerprint density at radius 3 is 2.57 bits per heavy atom. The van der Waals surface area contributed by atoms with Crippen LogP contribution in [0, 0.1) is 5.92 Å². The quantitative estimate of drug-likeness (QED) is 0.918. The summed E-state index contributed by atoms with van der Waals surface area (Å²) in [6, 6.07) is 6.55. The molecule has 114 valence electrons. The molecular weight excluding hydrogens is 268 g/mol. The highest BCUT2D eigenvalue weighted by atomic mass is 16.5. The maximum atomic E-state index is 12.6. The van der Waals surface area contributed by atoms with Crippen LogP contribution in [0.15, 0.2) is 24.3 Å². The molecule has 2 rings (SSSR count). The largest absolute Gasteiger partial charge is 0.380 e. The zero-order valence-electron chi connectivity index (χ0n) is 12.9. The zero-order chi connectivity index (χ0) is 15.6. The van der Waals surface area contributed by atoms with Crippen LogP contribution in [0.5, 0.6) is 0 Å². The molecule has 0 bridgehead atoms. The normalized spacial score (nSPS) is 22.6. The van der Waals surface area contributed by atoms with E-state index < -0.39 is 12.1 Å². The minimum absolute atomic E-state index is 0.0250. The number of piperazine rings is 1. The van der Waals surface area contributed by atoms with E-state index in [4.69, 9.17) is 4.74 Å². The Morgan fingerprint density at radius 1 is 1.29 bits per heavy atom. The van der Waals surface area contributed by atoms with E-state index in [0.717, 1.165) is 11.3 Å². The molecule has 1 saturated heterocycles. The van der Waals surface area contributed by atoms with Gasteiger partial charge in [0.1, 0.15) is 12.1 Å². The summed E-state index contributed by atoms with van der Waals surface area (Å²) in [6.45, 7) is 6.00. The molecule has 5 nitrogen and oxygen atoms in total. The van der Waals surface area contributed by atoms with E-state index in [-0.39, 0.29) is 17.7 Å². The van der Waals surface area contributed by atoms with Crippen LogP contribution in [0.1, 0.15) is 26.3 Å². The number of nitrogens with zero attached hydrogens (tertiary/aromatic N) is 1. The monoisotopic (exact) mass is 290 g/mol. The first kappa shape index (κ1) is 15.5. The molecule has 0 saturated carbocycles. The lowest BCUT2D eigenvalue weighted by Gasteiger charge is -2.40. The van der Waals surface area contributed by atoms with Crippen molar-refractivity contribution in [1.29, 1.82) is 0 Å². The van der Waals surface area contributed by atoms with Crippen molar-refractivity contribution in [1.82, 2.24) is 5.32 Å². The Bertz CT molecular complexity index is 542. The number of methoxy groups -OCH3 is 1. The van der Waals surface area contributed by atoms with Gasteiger partial charge in [-0.2, -0.15) is 0 Å². The predicted octanol–water partition coefficient (Wildman–Crippen LogP) is 1.71. The molecule has 0 aliphatic carbocycles. The molecule has 0 aromatic heterocycles. The number of benzene rings is 1. The third kappa shape index (κ3) is 2.93. The van der Waals surface area contributed by atoms with Crippen molar-refractivity contribution in [2.45, 2.75) is 39.5 Å². The molecule has 21 heavy (non-hydrogen) atoms. The van der Waals surface area contributed by atoms with Crippen LogP contribution in [0.3, 0.4) is 0 Å². The average molecular weight is 290 g/mol. The lowest BCUT2D eigenvalue weighted by atomic mass is 9.95. The molecule has 0 spiro atoms. The van der Waals surface area contributed by atoms with Crippen molar-refractivity contribution < 1.29 is 14.3 Å². The number of nitrogens with one attached hydrogen (secondary N) is 1. The zero-order valence-corrected chi connectivity index (χ0v) is 12.9. The van der Waals surface area contributed by atoms with Crippen molar-refractivity contribution >= 4 is 17.5 Å². The number of rotatable bonds is 4. The fourth-order valence-corrected chi connectivity index (χ4v) is 2.72. The van der Waals surface area contributed by atoms with E-state index >= 15 is 0 Å². The predicted molar refractivity (Wildman–Crippen MR) is 80.9 cm³/mol. The molecule has 1 aromatic rings. The van der Waals surface area contributed by atoms with Gasteiger partial charge in [-0.25, -0.2) is 0 Å². The summed E-state index contributed by atoms with van der Waals surface area (Å²) in [5.41, 5.74) is 1.66. The molecule has 1 aliphatic heterocycles. The fraction of sp³-hybridized carbons (Fsp3) is 0.500. The van der Waals surface area contributed by atoms with E-state index in [9.17, 15) is 9.59 Å². The van der Waals surface area contributed by atoms with Gasteiger partial charge >= 0.3 is 0 Å². The summed E-state index contributed by atoms with van der Waals surface area (Å²) in [5, 5.41) is 2.75. The van der Waals surface area contributed by atoms with Gasteiger partial charge in [0.2, 0.25) is 11.8 Å². The van der Waals surface area contributed by atoms with E-state index in [1.165, 1.54) is 0 Å². The first-order valence-electron chi connectivity index (χ1n) is 7.17. The minimum atomic E-state index is -0.511. The molecule has 1 fully saturated rings. The third-order valence-corrected chi connectivity index (χ3v) is 3.70. The van der Waals surface area contributed by atoms with Gasteiger partial charge in [-0.1, -0.05) is 32.0 Å². The van der Waals surface area contributed by atoms with Gasteiger partial charge in [0, 0.05) is 12.7 Å². The third-order valence-electron chi connectivity index (χ3n) is 3.70. The standard InChI is InChI=1S/C16H22N2O3/c1-10(2)14-15(19)17-11(3)16(20)18(14)13-8-6-5-7-12(13)9-21-4/h5-8,10-11,14H,9H2,1-4H3,(H,17,19). The van der Waals surface area contributed by atoms with Gasteiger partial charge in [-0.15, -0.1) is 0 Å². The molecule has 2 amide bonds. The molecular formula is C16H22N2O3. The van der Waals surface area contributed by atoms with Crippen molar-refractivity contribution in [3.05, 3.63) is 29.8 Å². The minimum Gasteiger partial charge on any atom is -0.380 e. The van der Waals surface area contributed by atoms with Gasteiger partial charge < -0.3 is 10.1 Å². The Balaban J connectivity index is 2.50. The fourth-order valence-electron chi connectivity index (χ4n) is 2.72. The van der Waals surface area contributed by atoms with Gasteiger partial charge in [0.15, 0.2) is 0 Å². The smallest absolute Gasteiger partial charge is 0.250 e. The topological polar surface area (TPSA) is 58.6 Å². The molecule has 1 N–H and O–H groups in total. The maximum absolute atomic E-state index is 12.6. The SMILES string of the molecule is COCc1ccccc1N1C(=O)C(C)NC(=O)C1C(C)C. The Morgan fingerprint density at radius 2 is 1.95 bits per heavy atom. The summed E-state index contributed by atoms with van der Waals surface area (Å²) >= 11 is 0. The molecule has 2 atom stereocenters. The Hall–Kier alpha value is -1.88. The Labute approximate surface area is 125 Å². The first-order chi connectivity index (χ1) is 9.97. The van der Waals surface area contributed by atoms with Crippen LogP contribution < -0.4 is 10.2 Å². The number of anilines is 1. The highest BCUT2D eigenvalue weighted by Gasteiger charge is 2.41. The lowest BCUT2D eigenvalue weighted by molar-refractivity contribution is -0.134. The number of ether oxygens (including phenoxy) is 1.